The first kappa shape index (κ1) is 15.9. The zero-order valence-electron chi connectivity index (χ0n) is 11.7. The fourth-order valence-electron chi connectivity index (χ4n) is 1.89. The summed E-state index contributed by atoms with van der Waals surface area (Å²) in [6, 6.07) is 5.79. The van der Waals surface area contributed by atoms with Crippen LogP contribution in [0.25, 0.3) is 11.3 Å². The molecule has 3 nitrogen and oxygen atoms in total. The molecular weight excluding hydrogens is 314 g/mol. The van der Waals surface area contributed by atoms with Crippen molar-refractivity contribution in [3.8, 4) is 17.0 Å². The number of methoxy groups -OCH3 is 1. The van der Waals surface area contributed by atoms with E-state index < -0.39 is 0 Å². The molecule has 0 amide bonds. The number of anilines is 1. The van der Waals surface area contributed by atoms with Gasteiger partial charge in [-0.25, -0.2) is 9.37 Å². The second kappa shape index (κ2) is 6.96. The Kier molecular flexibility index (Phi) is 5.26. The van der Waals surface area contributed by atoms with Crippen molar-refractivity contribution >= 4 is 29.0 Å². The number of nitrogens with zero attached hydrogens (tertiary/aromatic N) is 1. The van der Waals surface area contributed by atoms with Crippen LogP contribution in [-0.4, -0.2) is 18.6 Å². The molecule has 21 heavy (non-hydrogen) atoms. The number of benzene rings is 1. The first-order chi connectivity index (χ1) is 10.1. The number of nitrogens with one attached hydrogen (secondary N) is 1. The molecule has 2 aromatic rings. The molecule has 0 spiro atoms. The molecule has 1 aromatic heterocycles. The maximum Gasteiger partial charge on any atom is 0.145 e. The molecular formula is C15H15Cl2FN2O. The van der Waals surface area contributed by atoms with Crippen LogP contribution in [0.15, 0.2) is 24.3 Å². The van der Waals surface area contributed by atoms with Crippen LogP contribution >= 0.6 is 23.2 Å². The number of pyridine rings is 1. The van der Waals surface area contributed by atoms with Crippen molar-refractivity contribution < 1.29 is 9.13 Å². The largest absolute Gasteiger partial charge is 0.496 e. The van der Waals surface area contributed by atoms with Crippen LogP contribution in [0.1, 0.15) is 13.3 Å². The minimum Gasteiger partial charge on any atom is -0.496 e. The van der Waals surface area contributed by atoms with Gasteiger partial charge in [0.05, 0.1) is 22.8 Å². The minimum atomic E-state index is -0.387. The van der Waals surface area contributed by atoms with Crippen molar-refractivity contribution in [1.29, 1.82) is 0 Å². The molecule has 2 rings (SSSR count). The lowest BCUT2D eigenvalue weighted by Gasteiger charge is -2.13. The number of ether oxygens (including phenoxy) is 1. The monoisotopic (exact) mass is 328 g/mol. The third-order valence-electron chi connectivity index (χ3n) is 2.89. The third kappa shape index (κ3) is 3.57. The predicted octanol–water partition coefficient (Wildman–Crippen LogP) is 5.03. The summed E-state index contributed by atoms with van der Waals surface area (Å²) >= 11 is 12.3. The van der Waals surface area contributed by atoms with Crippen LogP contribution in [0.4, 0.5) is 10.2 Å². The maximum atomic E-state index is 13.5. The molecule has 0 saturated heterocycles. The zero-order valence-corrected chi connectivity index (χ0v) is 13.2. The lowest BCUT2D eigenvalue weighted by atomic mass is 10.1. The van der Waals surface area contributed by atoms with Gasteiger partial charge in [0.2, 0.25) is 0 Å². The Morgan fingerprint density at radius 2 is 2.00 bits per heavy atom. The van der Waals surface area contributed by atoms with Gasteiger partial charge in [0, 0.05) is 12.1 Å². The van der Waals surface area contributed by atoms with Gasteiger partial charge in [-0.1, -0.05) is 30.1 Å². The molecule has 0 aliphatic heterocycles. The summed E-state index contributed by atoms with van der Waals surface area (Å²) in [5.74, 6) is 0.625. The van der Waals surface area contributed by atoms with Crippen LogP contribution in [0.3, 0.4) is 0 Å². The fraction of sp³-hybridized carbons (Fsp3) is 0.267. The van der Waals surface area contributed by atoms with Gasteiger partial charge >= 0.3 is 0 Å². The smallest absolute Gasteiger partial charge is 0.145 e. The first-order valence-corrected chi connectivity index (χ1v) is 7.26. The van der Waals surface area contributed by atoms with Gasteiger partial charge in [-0.3, -0.25) is 0 Å². The van der Waals surface area contributed by atoms with Gasteiger partial charge in [-0.2, -0.15) is 0 Å². The molecule has 0 radical (unpaired) electrons. The predicted molar refractivity (Wildman–Crippen MR) is 85.0 cm³/mol. The van der Waals surface area contributed by atoms with E-state index in [1.165, 1.54) is 25.3 Å². The van der Waals surface area contributed by atoms with E-state index in [1.54, 1.807) is 6.07 Å². The van der Waals surface area contributed by atoms with Gasteiger partial charge in [-0.05, 0) is 30.7 Å². The third-order valence-corrected chi connectivity index (χ3v) is 3.46. The minimum absolute atomic E-state index is 0.339. The normalized spacial score (nSPS) is 10.5. The molecule has 1 heterocycles. The molecule has 112 valence electrons. The van der Waals surface area contributed by atoms with Crippen molar-refractivity contribution in [3.05, 3.63) is 40.1 Å². The van der Waals surface area contributed by atoms with E-state index >= 15 is 0 Å². The summed E-state index contributed by atoms with van der Waals surface area (Å²) < 4.78 is 18.8. The molecule has 0 unspecified atom stereocenters. The highest BCUT2D eigenvalue weighted by molar-refractivity contribution is 6.37. The summed E-state index contributed by atoms with van der Waals surface area (Å²) in [4.78, 5) is 4.41. The Balaban J connectivity index is 2.55. The first-order valence-electron chi connectivity index (χ1n) is 6.50. The average Bonchev–Trinajstić information content (AvgIpc) is 2.46. The van der Waals surface area contributed by atoms with Crippen LogP contribution in [0.5, 0.6) is 5.75 Å². The molecule has 0 aliphatic rings. The van der Waals surface area contributed by atoms with Crippen molar-refractivity contribution in [2.24, 2.45) is 0 Å². The summed E-state index contributed by atoms with van der Waals surface area (Å²) in [5.41, 5.74) is 0.912. The van der Waals surface area contributed by atoms with E-state index in [0.717, 1.165) is 13.0 Å². The Bertz CT molecular complexity index is 650. The molecule has 1 aromatic carbocycles. The number of aromatic nitrogens is 1. The van der Waals surface area contributed by atoms with Gasteiger partial charge in [0.15, 0.2) is 0 Å². The van der Waals surface area contributed by atoms with Crippen LogP contribution in [0.2, 0.25) is 10.0 Å². The summed E-state index contributed by atoms with van der Waals surface area (Å²) in [6.45, 7) is 2.77. The molecule has 0 bridgehead atoms. The highest BCUT2D eigenvalue weighted by Crippen LogP contribution is 2.37. The van der Waals surface area contributed by atoms with Gasteiger partial charge < -0.3 is 10.1 Å². The van der Waals surface area contributed by atoms with Gasteiger partial charge in [-0.15, -0.1) is 0 Å². The van der Waals surface area contributed by atoms with E-state index in [-0.39, 0.29) is 5.82 Å². The van der Waals surface area contributed by atoms with Crippen LogP contribution in [0, 0.1) is 5.82 Å². The fourth-order valence-corrected chi connectivity index (χ4v) is 2.42. The van der Waals surface area contributed by atoms with Gasteiger partial charge in [0.1, 0.15) is 17.4 Å². The second-order valence-corrected chi connectivity index (χ2v) is 5.24. The molecule has 0 atom stereocenters. The summed E-state index contributed by atoms with van der Waals surface area (Å²) in [5, 5.41) is 3.88. The average molecular weight is 329 g/mol. The lowest BCUT2D eigenvalue weighted by Crippen LogP contribution is -2.04. The van der Waals surface area contributed by atoms with Crippen molar-refractivity contribution in [3.63, 3.8) is 0 Å². The second-order valence-electron chi connectivity index (χ2n) is 4.42. The standard InChI is InChI=1S/C15H15Cl2FN2O/c1-3-6-19-15-12(17)8-11(16)14(20-15)10-7-9(18)4-5-13(10)21-2/h4-5,7-8H,3,6H2,1-2H3,(H,19,20). The zero-order chi connectivity index (χ0) is 15.4. The van der Waals surface area contributed by atoms with E-state index in [0.29, 0.717) is 32.9 Å². The molecule has 1 N–H and O–H groups in total. The van der Waals surface area contributed by atoms with Gasteiger partial charge in [0.25, 0.3) is 0 Å². The molecule has 6 heteroatoms. The topological polar surface area (TPSA) is 34.2 Å². The Morgan fingerprint density at radius 1 is 1.24 bits per heavy atom. The number of halogens is 3. The summed E-state index contributed by atoms with van der Waals surface area (Å²) in [6.07, 6.45) is 0.930. The Labute approximate surface area is 133 Å². The number of rotatable bonds is 5. The Hall–Kier alpha value is -1.52. The molecule has 0 saturated carbocycles. The van der Waals surface area contributed by atoms with Crippen molar-refractivity contribution in [2.45, 2.75) is 13.3 Å². The quantitative estimate of drug-likeness (QED) is 0.836. The van der Waals surface area contributed by atoms with E-state index in [9.17, 15) is 4.39 Å². The number of hydrogen-bond donors (Lipinski definition) is 1. The highest BCUT2D eigenvalue weighted by Gasteiger charge is 2.15. The molecule has 0 fully saturated rings. The van der Waals surface area contributed by atoms with Crippen molar-refractivity contribution in [1.82, 2.24) is 4.98 Å². The number of hydrogen-bond acceptors (Lipinski definition) is 3. The highest BCUT2D eigenvalue weighted by atomic mass is 35.5. The van der Waals surface area contributed by atoms with E-state index in [2.05, 4.69) is 10.3 Å². The molecule has 0 aliphatic carbocycles. The van der Waals surface area contributed by atoms with Crippen LogP contribution < -0.4 is 10.1 Å². The lowest BCUT2D eigenvalue weighted by molar-refractivity contribution is 0.415. The van der Waals surface area contributed by atoms with E-state index in [1.807, 2.05) is 6.92 Å². The Morgan fingerprint density at radius 3 is 2.67 bits per heavy atom. The van der Waals surface area contributed by atoms with Crippen LogP contribution in [-0.2, 0) is 0 Å². The summed E-state index contributed by atoms with van der Waals surface area (Å²) in [7, 11) is 1.51. The van der Waals surface area contributed by atoms with Crippen molar-refractivity contribution in [2.75, 3.05) is 19.0 Å². The van der Waals surface area contributed by atoms with E-state index in [4.69, 9.17) is 27.9 Å². The maximum absolute atomic E-state index is 13.5. The SMILES string of the molecule is CCCNc1nc(-c2cc(F)ccc2OC)c(Cl)cc1Cl.